The molecule has 1 N–H and O–H groups in total. The predicted molar refractivity (Wildman–Crippen MR) is 62.7 cm³/mol. The van der Waals surface area contributed by atoms with Gasteiger partial charge in [0.25, 0.3) is 0 Å². The molecule has 1 aliphatic rings. The number of rotatable bonds is 2. The number of aromatic nitrogens is 3. The number of fused-ring (bicyclic) bond motifs is 1. The molecule has 4 nitrogen and oxygen atoms in total. The molecule has 3 rings (SSSR count). The largest absolute Gasteiger partial charge is 0.314 e. The molecule has 0 amide bonds. The Kier molecular flexibility index (Phi) is 2.53. The molecule has 0 radical (unpaired) electrons. The van der Waals surface area contributed by atoms with Gasteiger partial charge in [0.2, 0.25) is 0 Å². The second-order valence-corrected chi connectivity index (χ2v) is 4.57. The maximum Gasteiger partial charge on any atom is 0.179 e. The Balaban J connectivity index is 1.94. The van der Waals surface area contributed by atoms with Gasteiger partial charge in [0, 0.05) is 18.7 Å². The van der Waals surface area contributed by atoms with Crippen molar-refractivity contribution < 1.29 is 0 Å². The van der Waals surface area contributed by atoms with Crippen molar-refractivity contribution in [1.82, 2.24) is 19.9 Å². The third-order valence-electron chi connectivity index (χ3n) is 3.05. The lowest BCUT2D eigenvalue weighted by Gasteiger charge is -2.07. The summed E-state index contributed by atoms with van der Waals surface area (Å²) in [4.78, 5) is 0. The highest BCUT2D eigenvalue weighted by atomic mass is 35.5. The lowest BCUT2D eigenvalue weighted by Crippen LogP contribution is -2.24. The van der Waals surface area contributed by atoms with E-state index in [1.165, 1.54) is 12.8 Å². The molecule has 16 heavy (non-hydrogen) atoms. The number of halogens is 1. The summed E-state index contributed by atoms with van der Waals surface area (Å²) in [6.07, 6.45) is 5.35. The Labute approximate surface area is 98.6 Å². The van der Waals surface area contributed by atoms with Crippen molar-refractivity contribution in [3.8, 4) is 0 Å². The third kappa shape index (κ3) is 1.68. The van der Waals surface area contributed by atoms with Gasteiger partial charge >= 0.3 is 0 Å². The van der Waals surface area contributed by atoms with E-state index in [1.807, 2.05) is 22.7 Å². The number of pyridine rings is 1. The zero-order valence-electron chi connectivity index (χ0n) is 8.86. The minimum absolute atomic E-state index is 0.534. The smallest absolute Gasteiger partial charge is 0.179 e. The van der Waals surface area contributed by atoms with Crippen LogP contribution in [0.2, 0.25) is 5.02 Å². The first kappa shape index (κ1) is 10.1. The van der Waals surface area contributed by atoms with Gasteiger partial charge in [0.05, 0.1) is 5.02 Å². The van der Waals surface area contributed by atoms with E-state index in [4.69, 9.17) is 11.6 Å². The van der Waals surface area contributed by atoms with Crippen molar-refractivity contribution in [3.05, 3.63) is 29.2 Å². The van der Waals surface area contributed by atoms with Gasteiger partial charge in [-0.1, -0.05) is 11.6 Å². The van der Waals surface area contributed by atoms with E-state index in [0.29, 0.717) is 11.1 Å². The van der Waals surface area contributed by atoms with Crippen LogP contribution in [0.3, 0.4) is 0 Å². The second-order valence-electron chi connectivity index (χ2n) is 4.16. The van der Waals surface area contributed by atoms with Gasteiger partial charge in [-0.3, -0.25) is 4.40 Å². The Hall–Kier alpha value is -1.13. The summed E-state index contributed by atoms with van der Waals surface area (Å²) < 4.78 is 1.97. The monoisotopic (exact) mass is 236 g/mol. The molecule has 3 heterocycles. The summed E-state index contributed by atoms with van der Waals surface area (Å²) in [6, 6.07) is 4.29. The molecule has 1 unspecified atom stereocenters. The summed E-state index contributed by atoms with van der Waals surface area (Å²) in [5, 5.41) is 12.4. The zero-order valence-corrected chi connectivity index (χ0v) is 9.61. The van der Waals surface area contributed by atoms with Crippen molar-refractivity contribution in [3.63, 3.8) is 0 Å². The van der Waals surface area contributed by atoms with Crippen LogP contribution in [-0.4, -0.2) is 27.2 Å². The van der Waals surface area contributed by atoms with Crippen LogP contribution in [-0.2, 0) is 6.42 Å². The molecule has 5 heteroatoms. The maximum atomic E-state index is 6.05. The summed E-state index contributed by atoms with van der Waals surface area (Å²) in [5.74, 6) is 0.983. The highest BCUT2D eigenvalue weighted by Gasteiger charge is 2.17. The number of hydrogen-bond donors (Lipinski definition) is 1. The summed E-state index contributed by atoms with van der Waals surface area (Å²) in [5.41, 5.74) is 0.747. The first-order valence-electron chi connectivity index (χ1n) is 5.56. The fourth-order valence-corrected chi connectivity index (χ4v) is 2.42. The van der Waals surface area contributed by atoms with Crippen molar-refractivity contribution >= 4 is 17.2 Å². The van der Waals surface area contributed by atoms with Gasteiger partial charge in [-0.05, 0) is 31.5 Å². The molecule has 0 spiro atoms. The van der Waals surface area contributed by atoms with Crippen molar-refractivity contribution in [1.29, 1.82) is 0 Å². The van der Waals surface area contributed by atoms with Crippen LogP contribution in [0.1, 0.15) is 18.7 Å². The van der Waals surface area contributed by atoms with Crippen molar-refractivity contribution in [2.75, 3.05) is 6.54 Å². The molecule has 2 aromatic rings. The first-order chi connectivity index (χ1) is 7.84. The third-order valence-corrected chi connectivity index (χ3v) is 3.34. The highest BCUT2D eigenvalue weighted by molar-refractivity contribution is 6.33. The average Bonchev–Trinajstić information content (AvgIpc) is 2.90. The molecular weight excluding hydrogens is 224 g/mol. The van der Waals surface area contributed by atoms with Crippen LogP contribution >= 0.6 is 11.6 Å². The van der Waals surface area contributed by atoms with Crippen molar-refractivity contribution in [2.45, 2.75) is 25.3 Å². The molecule has 0 aliphatic carbocycles. The van der Waals surface area contributed by atoms with Crippen LogP contribution in [0.15, 0.2) is 18.3 Å². The SMILES string of the molecule is Clc1cccn2c(CC3CCCN3)nnc12. The maximum absolute atomic E-state index is 6.05. The molecule has 1 atom stereocenters. The lowest BCUT2D eigenvalue weighted by atomic mass is 10.1. The first-order valence-corrected chi connectivity index (χ1v) is 5.94. The van der Waals surface area contributed by atoms with Gasteiger partial charge in [0.1, 0.15) is 5.82 Å². The molecule has 0 bridgehead atoms. The molecule has 0 saturated carbocycles. The lowest BCUT2D eigenvalue weighted by molar-refractivity contribution is 0.582. The Morgan fingerprint density at radius 3 is 3.25 bits per heavy atom. The van der Waals surface area contributed by atoms with E-state index < -0.39 is 0 Å². The minimum atomic E-state index is 0.534. The van der Waals surface area contributed by atoms with E-state index in [2.05, 4.69) is 15.5 Å². The minimum Gasteiger partial charge on any atom is -0.314 e. The Morgan fingerprint density at radius 1 is 1.50 bits per heavy atom. The van der Waals surface area contributed by atoms with E-state index in [1.54, 1.807) is 0 Å². The Morgan fingerprint density at radius 2 is 2.44 bits per heavy atom. The van der Waals surface area contributed by atoms with Gasteiger partial charge in [-0.25, -0.2) is 0 Å². The molecular formula is C11H13ClN4. The standard InChI is InChI=1S/C11H13ClN4/c12-9-4-2-6-16-10(14-15-11(9)16)7-8-3-1-5-13-8/h2,4,6,8,13H,1,3,5,7H2. The molecule has 1 aliphatic heterocycles. The summed E-state index contributed by atoms with van der Waals surface area (Å²) >= 11 is 6.05. The van der Waals surface area contributed by atoms with E-state index >= 15 is 0 Å². The Bertz CT molecular complexity index is 502. The van der Waals surface area contributed by atoms with Crippen LogP contribution in [0.4, 0.5) is 0 Å². The van der Waals surface area contributed by atoms with Crippen LogP contribution in [0.25, 0.3) is 5.65 Å². The number of hydrogen-bond acceptors (Lipinski definition) is 3. The van der Waals surface area contributed by atoms with Crippen molar-refractivity contribution in [2.24, 2.45) is 0 Å². The van der Waals surface area contributed by atoms with Crippen LogP contribution in [0.5, 0.6) is 0 Å². The van der Waals surface area contributed by atoms with Gasteiger partial charge < -0.3 is 5.32 Å². The normalized spacial score (nSPS) is 20.7. The van der Waals surface area contributed by atoms with Crippen LogP contribution in [0, 0.1) is 0 Å². The van der Waals surface area contributed by atoms with E-state index in [0.717, 1.165) is 24.4 Å². The van der Waals surface area contributed by atoms with Gasteiger partial charge in [-0.2, -0.15) is 0 Å². The second kappa shape index (κ2) is 4.03. The number of nitrogens with one attached hydrogen (secondary N) is 1. The molecule has 1 saturated heterocycles. The average molecular weight is 237 g/mol. The fourth-order valence-electron chi connectivity index (χ4n) is 2.22. The van der Waals surface area contributed by atoms with Gasteiger partial charge in [-0.15, -0.1) is 10.2 Å². The van der Waals surface area contributed by atoms with E-state index in [-0.39, 0.29) is 0 Å². The molecule has 1 fully saturated rings. The fraction of sp³-hybridized carbons (Fsp3) is 0.455. The molecule has 84 valence electrons. The topological polar surface area (TPSA) is 42.2 Å². The quantitative estimate of drug-likeness (QED) is 0.863. The van der Waals surface area contributed by atoms with Gasteiger partial charge in [0.15, 0.2) is 5.65 Å². The molecule has 0 aromatic carbocycles. The summed E-state index contributed by atoms with van der Waals surface area (Å²) in [7, 11) is 0. The predicted octanol–water partition coefficient (Wildman–Crippen LogP) is 1.68. The van der Waals surface area contributed by atoms with E-state index in [9.17, 15) is 0 Å². The number of nitrogens with zero attached hydrogens (tertiary/aromatic N) is 3. The highest BCUT2D eigenvalue weighted by Crippen LogP contribution is 2.17. The summed E-state index contributed by atoms with van der Waals surface area (Å²) in [6.45, 7) is 1.11. The zero-order chi connectivity index (χ0) is 11.0. The van der Waals surface area contributed by atoms with Crippen LogP contribution < -0.4 is 5.32 Å². The molecule has 2 aromatic heterocycles.